The van der Waals surface area contributed by atoms with E-state index in [1.165, 1.54) is 11.1 Å². The summed E-state index contributed by atoms with van der Waals surface area (Å²) in [6.45, 7) is 8.73. The van der Waals surface area contributed by atoms with E-state index in [9.17, 15) is 4.79 Å². The van der Waals surface area contributed by atoms with Gasteiger partial charge in [0.1, 0.15) is 5.69 Å². The lowest BCUT2D eigenvalue weighted by atomic mass is 9.86. The van der Waals surface area contributed by atoms with Crippen molar-refractivity contribution in [3.05, 3.63) is 59.5 Å². The van der Waals surface area contributed by atoms with Crippen LogP contribution in [-0.2, 0) is 5.41 Å². The molecule has 3 heterocycles. The van der Waals surface area contributed by atoms with Crippen molar-refractivity contribution in [2.24, 2.45) is 0 Å². The highest BCUT2D eigenvalue weighted by Gasteiger charge is 2.26. The van der Waals surface area contributed by atoms with Gasteiger partial charge in [-0.15, -0.1) is 0 Å². The van der Waals surface area contributed by atoms with E-state index in [1.54, 1.807) is 18.5 Å². The second kappa shape index (κ2) is 6.78. The molecule has 2 aromatic heterocycles. The largest absolute Gasteiger partial charge is 0.334 e. The molecule has 0 aliphatic carbocycles. The molecule has 1 aliphatic heterocycles. The summed E-state index contributed by atoms with van der Waals surface area (Å²) in [4.78, 5) is 19.1. The predicted octanol–water partition coefficient (Wildman–Crippen LogP) is 3.04. The number of hydrogen-bond donors (Lipinski definition) is 2. The Hall–Kier alpha value is -2.73. The molecule has 1 atom stereocenters. The highest BCUT2D eigenvalue weighted by Crippen LogP contribution is 2.25. The van der Waals surface area contributed by atoms with Crippen molar-refractivity contribution >= 4 is 16.8 Å². The van der Waals surface area contributed by atoms with Crippen molar-refractivity contribution in [3.8, 4) is 0 Å². The molecule has 1 aromatic carbocycles. The molecular formula is C21H25N5O. The van der Waals surface area contributed by atoms with Crippen LogP contribution in [0.5, 0.6) is 0 Å². The maximum Gasteiger partial charge on any atom is 0.272 e. The van der Waals surface area contributed by atoms with Gasteiger partial charge in [-0.1, -0.05) is 45.0 Å². The second-order valence-electron chi connectivity index (χ2n) is 8.16. The number of rotatable bonds is 2. The van der Waals surface area contributed by atoms with Crippen molar-refractivity contribution in [2.75, 3.05) is 19.6 Å². The Balaban J connectivity index is 1.51. The summed E-state index contributed by atoms with van der Waals surface area (Å²) in [6, 6.07) is 10.6. The topological polar surface area (TPSA) is 73.9 Å². The number of aromatic nitrogens is 3. The number of hydrogen-bond acceptors (Lipinski definition) is 4. The van der Waals surface area contributed by atoms with E-state index in [4.69, 9.17) is 0 Å². The van der Waals surface area contributed by atoms with Crippen molar-refractivity contribution in [1.82, 2.24) is 25.4 Å². The summed E-state index contributed by atoms with van der Waals surface area (Å²) in [5.41, 5.74) is 3.96. The van der Waals surface area contributed by atoms with E-state index in [-0.39, 0.29) is 17.4 Å². The maximum atomic E-state index is 12.9. The normalized spacial score (nSPS) is 18.0. The lowest BCUT2D eigenvalue weighted by Crippen LogP contribution is -2.48. The van der Waals surface area contributed by atoms with Crippen molar-refractivity contribution < 1.29 is 4.79 Å². The summed E-state index contributed by atoms with van der Waals surface area (Å²) >= 11 is 0. The number of benzene rings is 1. The molecule has 1 saturated heterocycles. The molecule has 2 N–H and O–H groups in total. The van der Waals surface area contributed by atoms with Crippen LogP contribution in [0.15, 0.2) is 42.7 Å². The SMILES string of the molecule is CC(C)(C)c1ccc(C2CN(C(=O)c3cc4cn[nH]c4cn3)CCN2)cc1. The third kappa shape index (κ3) is 3.57. The van der Waals surface area contributed by atoms with Crippen LogP contribution in [0, 0.1) is 0 Å². The van der Waals surface area contributed by atoms with Gasteiger partial charge in [-0.2, -0.15) is 5.10 Å². The highest BCUT2D eigenvalue weighted by molar-refractivity contribution is 5.95. The lowest BCUT2D eigenvalue weighted by Gasteiger charge is -2.34. The first-order valence-corrected chi connectivity index (χ1v) is 9.34. The first kappa shape index (κ1) is 17.7. The molecule has 0 saturated carbocycles. The minimum Gasteiger partial charge on any atom is -0.334 e. The third-order valence-electron chi connectivity index (χ3n) is 5.19. The number of aromatic amines is 1. The van der Waals surface area contributed by atoms with Crippen LogP contribution in [0.2, 0.25) is 0 Å². The quantitative estimate of drug-likeness (QED) is 0.734. The van der Waals surface area contributed by atoms with E-state index in [0.29, 0.717) is 18.8 Å². The molecule has 27 heavy (non-hydrogen) atoms. The summed E-state index contributed by atoms with van der Waals surface area (Å²) in [5, 5.41) is 11.3. The van der Waals surface area contributed by atoms with Gasteiger partial charge >= 0.3 is 0 Å². The van der Waals surface area contributed by atoms with Gasteiger partial charge in [-0.25, -0.2) is 4.98 Å². The van der Waals surface area contributed by atoms with Crippen LogP contribution < -0.4 is 5.32 Å². The number of amides is 1. The van der Waals surface area contributed by atoms with Crippen LogP contribution in [0.1, 0.15) is 48.4 Å². The van der Waals surface area contributed by atoms with Crippen LogP contribution in [0.25, 0.3) is 10.9 Å². The summed E-state index contributed by atoms with van der Waals surface area (Å²) < 4.78 is 0. The Labute approximate surface area is 159 Å². The van der Waals surface area contributed by atoms with Crippen molar-refractivity contribution in [3.63, 3.8) is 0 Å². The summed E-state index contributed by atoms with van der Waals surface area (Å²) in [6.07, 6.45) is 3.38. The summed E-state index contributed by atoms with van der Waals surface area (Å²) in [5.74, 6) is -0.0316. The van der Waals surface area contributed by atoms with Crippen LogP contribution in [0.3, 0.4) is 0 Å². The van der Waals surface area contributed by atoms with E-state index in [0.717, 1.165) is 17.4 Å². The van der Waals surface area contributed by atoms with E-state index >= 15 is 0 Å². The molecule has 1 fully saturated rings. The van der Waals surface area contributed by atoms with Gasteiger partial charge < -0.3 is 10.2 Å². The van der Waals surface area contributed by atoms with E-state index < -0.39 is 0 Å². The fourth-order valence-electron chi connectivity index (χ4n) is 3.49. The highest BCUT2D eigenvalue weighted by atomic mass is 16.2. The predicted molar refractivity (Wildman–Crippen MR) is 106 cm³/mol. The molecule has 140 valence electrons. The molecular weight excluding hydrogens is 338 g/mol. The number of nitrogens with one attached hydrogen (secondary N) is 2. The first-order chi connectivity index (χ1) is 12.9. The average molecular weight is 363 g/mol. The Morgan fingerprint density at radius 1 is 1.19 bits per heavy atom. The first-order valence-electron chi connectivity index (χ1n) is 9.34. The molecule has 6 nitrogen and oxygen atoms in total. The number of pyridine rings is 1. The van der Waals surface area contributed by atoms with Crippen molar-refractivity contribution in [2.45, 2.75) is 32.2 Å². The van der Waals surface area contributed by atoms with E-state index in [2.05, 4.69) is 65.5 Å². The van der Waals surface area contributed by atoms with Crippen LogP contribution in [-0.4, -0.2) is 45.6 Å². The number of piperazine rings is 1. The Kier molecular flexibility index (Phi) is 4.44. The fraction of sp³-hybridized carbons (Fsp3) is 0.381. The van der Waals surface area contributed by atoms with Crippen LogP contribution >= 0.6 is 0 Å². The Morgan fingerprint density at radius 3 is 2.70 bits per heavy atom. The number of H-pyrrole nitrogens is 1. The number of carbonyl (C=O) groups excluding carboxylic acids is 1. The van der Waals surface area contributed by atoms with Gasteiger partial charge in [-0.05, 0) is 22.6 Å². The van der Waals surface area contributed by atoms with Gasteiger partial charge in [-0.3, -0.25) is 9.89 Å². The zero-order valence-corrected chi connectivity index (χ0v) is 16.0. The molecule has 1 amide bonds. The molecule has 1 aliphatic rings. The molecule has 6 heteroatoms. The molecule has 3 aromatic rings. The fourth-order valence-corrected chi connectivity index (χ4v) is 3.49. The Morgan fingerprint density at radius 2 is 1.96 bits per heavy atom. The third-order valence-corrected chi connectivity index (χ3v) is 5.19. The minimum atomic E-state index is -0.0316. The smallest absolute Gasteiger partial charge is 0.272 e. The van der Waals surface area contributed by atoms with Gasteiger partial charge in [0.15, 0.2) is 0 Å². The zero-order valence-electron chi connectivity index (χ0n) is 16.0. The zero-order chi connectivity index (χ0) is 19.0. The number of nitrogens with zero attached hydrogens (tertiary/aromatic N) is 3. The molecule has 4 rings (SSSR count). The standard InChI is InChI=1S/C21H25N5O/c1-21(2,3)16-6-4-14(5-7-16)19-13-26(9-8-22-19)20(27)17-10-15-11-24-25-18(15)12-23-17/h4-7,10-12,19,22H,8-9,13H2,1-3H3,(H,24,25). The molecule has 0 spiro atoms. The molecule has 0 radical (unpaired) electrons. The minimum absolute atomic E-state index is 0.0316. The monoisotopic (exact) mass is 363 g/mol. The lowest BCUT2D eigenvalue weighted by molar-refractivity contribution is 0.0697. The Bertz CT molecular complexity index is 955. The number of fused-ring (bicyclic) bond motifs is 1. The van der Waals surface area contributed by atoms with Gasteiger partial charge in [0.25, 0.3) is 5.91 Å². The second-order valence-corrected chi connectivity index (χ2v) is 8.16. The van der Waals surface area contributed by atoms with Gasteiger partial charge in [0, 0.05) is 31.1 Å². The van der Waals surface area contributed by atoms with Gasteiger partial charge in [0.05, 0.1) is 17.9 Å². The summed E-state index contributed by atoms with van der Waals surface area (Å²) in [7, 11) is 0. The average Bonchev–Trinajstić information content (AvgIpc) is 3.15. The molecule has 1 unspecified atom stereocenters. The maximum absolute atomic E-state index is 12.9. The van der Waals surface area contributed by atoms with E-state index in [1.807, 2.05) is 4.90 Å². The van der Waals surface area contributed by atoms with Crippen molar-refractivity contribution in [1.29, 1.82) is 0 Å². The van der Waals surface area contributed by atoms with Gasteiger partial charge in [0.2, 0.25) is 0 Å². The number of carbonyl (C=O) groups is 1. The molecule has 0 bridgehead atoms. The van der Waals surface area contributed by atoms with Crippen LogP contribution in [0.4, 0.5) is 0 Å².